The number of aromatic nitrogens is 1. The first-order valence-corrected chi connectivity index (χ1v) is 8.12. The van der Waals surface area contributed by atoms with Gasteiger partial charge in [-0.3, -0.25) is 4.72 Å². The Kier molecular flexibility index (Phi) is 3.67. The number of benzene rings is 1. The third kappa shape index (κ3) is 3.00. The van der Waals surface area contributed by atoms with Crippen molar-refractivity contribution in [2.75, 3.05) is 4.72 Å². The Morgan fingerprint density at radius 3 is 2.45 bits per heavy atom. The molecule has 22 heavy (non-hydrogen) atoms. The molecular formula is C14H11ClN2O4S. The van der Waals surface area contributed by atoms with Crippen molar-refractivity contribution in [1.82, 2.24) is 5.16 Å². The van der Waals surface area contributed by atoms with Gasteiger partial charge in [-0.2, -0.15) is 8.42 Å². The Labute approximate surface area is 131 Å². The summed E-state index contributed by atoms with van der Waals surface area (Å²) in [5, 5.41) is 4.03. The second-order valence-corrected chi connectivity index (χ2v) is 6.61. The fraction of sp³-hybridized carbons (Fsp3) is 0.0714. The third-order valence-corrected chi connectivity index (χ3v) is 4.32. The molecule has 0 aliphatic rings. The zero-order valence-corrected chi connectivity index (χ0v) is 13.0. The van der Waals surface area contributed by atoms with Crippen LogP contribution in [-0.2, 0) is 10.0 Å². The maximum Gasteiger partial charge on any atom is 0.295 e. The summed E-state index contributed by atoms with van der Waals surface area (Å²) in [4.78, 5) is 0. The highest BCUT2D eigenvalue weighted by molar-refractivity contribution is 7.92. The van der Waals surface area contributed by atoms with Crippen LogP contribution in [0.2, 0.25) is 5.02 Å². The number of anilines is 1. The number of aryl methyl sites for hydroxylation is 1. The molecule has 2 aromatic heterocycles. The Bertz CT molecular complexity index is 897. The fourth-order valence-corrected chi connectivity index (χ4v) is 2.92. The highest BCUT2D eigenvalue weighted by Crippen LogP contribution is 2.26. The molecule has 0 saturated carbocycles. The minimum absolute atomic E-state index is 0.216. The number of sulfonamides is 1. The minimum atomic E-state index is -3.83. The lowest BCUT2D eigenvalue weighted by molar-refractivity contribution is 0.398. The smallest absolute Gasteiger partial charge is 0.295 e. The zero-order chi connectivity index (χ0) is 15.7. The van der Waals surface area contributed by atoms with E-state index in [0.29, 0.717) is 22.2 Å². The maximum absolute atomic E-state index is 12.3. The number of nitrogens with one attached hydrogen (secondary N) is 1. The van der Waals surface area contributed by atoms with Gasteiger partial charge < -0.3 is 8.94 Å². The molecule has 0 aliphatic heterocycles. The lowest BCUT2D eigenvalue weighted by Crippen LogP contribution is -2.11. The van der Waals surface area contributed by atoms with Crippen molar-refractivity contribution < 1.29 is 17.4 Å². The predicted octanol–water partition coefficient (Wildman–Crippen LogP) is 3.70. The van der Waals surface area contributed by atoms with Crippen LogP contribution in [0.15, 0.2) is 56.5 Å². The normalized spacial score (nSPS) is 11.5. The van der Waals surface area contributed by atoms with Gasteiger partial charge in [-0.25, -0.2) is 0 Å². The molecule has 8 heteroatoms. The first-order chi connectivity index (χ1) is 10.4. The summed E-state index contributed by atoms with van der Waals surface area (Å²) >= 11 is 5.76. The van der Waals surface area contributed by atoms with E-state index in [2.05, 4.69) is 9.88 Å². The van der Waals surface area contributed by atoms with Crippen molar-refractivity contribution in [2.45, 2.75) is 12.0 Å². The van der Waals surface area contributed by atoms with Crippen LogP contribution in [0, 0.1) is 6.92 Å². The van der Waals surface area contributed by atoms with Gasteiger partial charge in [-0.15, -0.1) is 0 Å². The monoisotopic (exact) mass is 338 g/mol. The standard InChI is InChI=1S/C14H11ClN2O4S/c1-9-8-13(21-16-9)12-6-7-14(20-12)22(18,19)17-11-4-2-10(15)3-5-11/h2-8,17H,1H3. The van der Waals surface area contributed by atoms with Gasteiger partial charge in [-0.1, -0.05) is 16.8 Å². The average Bonchev–Trinajstić information content (AvgIpc) is 3.10. The largest absolute Gasteiger partial charge is 0.439 e. The molecule has 3 rings (SSSR count). The molecule has 3 aromatic rings. The van der Waals surface area contributed by atoms with Gasteiger partial charge in [0.15, 0.2) is 5.76 Å². The van der Waals surface area contributed by atoms with Gasteiger partial charge in [-0.05, 0) is 43.3 Å². The number of hydrogen-bond donors (Lipinski definition) is 1. The molecule has 0 atom stereocenters. The number of furan rings is 1. The fourth-order valence-electron chi connectivity index (χ4n) is 1.80. The molecular weight excluding hydrogens is 328 g/mol. The molecule has 114 valence electrons. The Morgan fingerprint density at radius 2 is 1.82 bits per heavy atom. The molecule has 0 bridgehead atoms. The van der Waals surface area contributed by atoms with E-state index < -0.39 is 10.0 Å². The van der Waals surface area contributed by atoms with Crippen molar-refractivity contribution in [3.63, 3.8) is 0 Å². The second-order valence-electron chi connectivity index (χ2n) is 4.56. The molecule has 0 unspecified atom stereocenters. The van der Waals surface area contributed by atoms with Crippen LogP contribution >= 0.6 is 11.6 Å². The molecule has 0 spiro atoms. The lowest BCUT2D eigenvalue weighted by atomic mass is 10.3. The average molecular weight is 339 g/mol. The molecule has 0 radical (unpaired) electrons. The van der Waals surface area contributed by atoms with Gasteiger partial charge >= 0.3 is 0 Å². The van der Waals surface area contributed by atoms with E-state index in [1.54, 1.807) is 37.3 Å². The summed E-state index contributed by atoms with van der Waals surface area (Å²) in [5.41, 5.74) is 1.06. The van der Waals surface area contributed by atoms with E-state index in [9.17, 15) is 8.42 Å². The minimum Gasteiger partial charge on any atom is -0.439 e. The van der Waals surface area contributed by atoms with Crippen LogP contribution in [0.1, 0.15) is 5.69 Å². The van der Waals surface area contributed by atoms with Gasteiger partial charge in [0.05, 0.1) is 5.69 Å². The number of nitrogens with zero attached hydrogens (tertiary/aromatic N) is 1. The van der Waals surface area contributed by atoms with E-state index in [1.165, 1.54) is 12.1 Å². The summed E-state index contributed by atoms with van der Waals surface area (Å²) in [6.45, 7) is 1.76. The van der Waals surface area contributed by atoms with E-state index in [0.717, 1.165) is 0 Å². The van der Waals surface area contributed by atoms with E-state index >= 15 is 0 Å². The summed E-state index contributed by atoms with van der Waals surface area (Å²) in [6, 6.07) is 10.8. The molecule has 0 saturated heterocycles. The maximum atomic E-state index is 12.3. The van der Waals surface area contributed by atoms with Crippen molar-refractivity contribution in [3.05, 3.63) is 53.2 Å². The van der Waals surface area contributed by atoms with E-state index in [-0.39, 0.29) is 10.9 Å². The molecule has 0 fully saturated rings. The number of hydrogen-bond acceptors (Lipinski definition) is 5. The van der Waals surface area contributed by atoms with Gasteiger partial charge in [0.1, 0.15) is 0 Å². The summed E-state index contributed by atoms with van der Waals surface area (Å²) in [6.07, 6.45) is 0. The SMILES string of the molecule is Cc1cc(-c2ccc(S(=O)(=O)Nc3ccc(Cl)cc3)o2)on1. The molecule has 6 nitrogen and oxygen atoms in total. The highest BCUT2D eigenvalue weighted by atomic mass is 35.5. The summed E-state index contributed by atoms with van der Waals surface area (Å²) < 4.78 is 37.3. The summed E-state index contributed by atoms with van der Waals surface area (Å²) in [7, 11) is -3.83. The predicted molar refractivity (Wildman–Crippen MR) is 81.2 cm³/mol. The first kappa shape index (κ1) is 14.7. The van der Waals surface area contributed by atoms with Crippen LogP contribution in [0.4, 0.5) is 5.69 Å². The van der Waals surface area contributed by atoms with Crippen LogP contribution in [0.25, 0.3) is 11.5 Å². The molecule has 0 amide bonds. The molecule has 1 N–H and O–H groups in total. The van der Waals surface area contributed by atoms with Crippen molar-refractivity contribution in [2.24, 2.45) is 0 Å². The van der Waals surface area contributed by atoms with Crippen LogP contribution < -0.4 is 4.72 Å². The molecule has 2 heterocycles. The first-order valence-electron chi connectivity index (χ1n) is 6.26. The van der Waals surface area contributed by atoms with Gasteiger partial charge in [0.2, 0.25) is 10.9 Å². The number of halogens is 1. The Balaban J connectivity index is 1.86. The van der Waals surface area contributed by atoms with Gasteiger partial charge in [0, 0.05) is 16.8 Å². The van der Waals surface area contributed by atoms with Crippen molar-refractivity contribution in [1.29, 1.82) is 0 Å². The van der Waals surface area contributed by atoms with Crippen LogP contribution in [0.5, 0.6) is 0 Å². The van der Waals surface area contributed by atoms with Crippen molar-refractivity contribution in [3.8, 4) is 11.5 Å². The van der Waals surface area contributed by atoms with Crippen LogP contribution in [0.3, 0.4) is 0 Å². The van der Waals surface area contributed by atoms with Crippen molar-refractivity contribution >= 4 is 27.3 Å². The number of rotatable bonds is 4. The Morgan fingerprint density at radius 1 is 1.09 bits per heavy atom. The Hall–Kier alpha value is -2.25. The third-order valence-electron chi connectivity index (χ3n) is 2.81. The molecule has 0 aliphatic carbocycles. The zero-order valence-electron chi connectivity index (χ0n) is 11.4. The quantitative estimate of drug-likeness (QED) is 0.784. The van der Waals surface area contributed by atoms with E-state index in [4.69, 9.17) is 20.5 Å². The van der Waals surface area contributed by atoms with Gasteiger partial charge in [0.25, 0.3) is 10.0 Å². The van der Waals surface area contributed by atoms with Crippen LogP contribution in [-0.4, -0.2) is 13.6 Å². The highest BCUT2D eigenvalue weighted by Gasteiger charge is 2.20. The molecule has 1 aromatic carbocycles. The lowest BCUT2D eigenvalue weighted by Gasteiger charge is -2.05. The topological polar surface area (TPSA) is 85.3 Å². The van der Waals surface area contributed by atoms with E-state index in [1.807, 2.05) is 0 Å². The second kappa shape index (κ2) is 5.51. The summed E-state index contributed by atoms with van der Waals surface area (Å²) in [5.74, 6) is 0.655.